The molecule has 1 saturated heterocycles. The molecule has 4 heterocycles. The highest BCUT2D eigenvalue weighted by molar-refractivity contribution is 7.10. The van der Waals surface area contributed by atoms with Crippen molar-refractivity contribution in [1.29, 1.82) is 0 Å². The second-order valence-corrected chi connectivity index (χ2v) is 8.39. The maximum absolute atomic E-state index is 12.6. The zero-order valence-electron chi connectivity index (χ0n) is 15.6. The summed E-state index contributed by atoms with van der Waals surface area (Å²) in [7, 11) is 0. The van der Waals surface area contributed by atoms with Gasteiger partial charge in [-0.25, -0.2) is 4.52 Å². The van der Waals surface area contributed by atoms with Gasteiger partial charge in [-0.1, -0.05) is 0 Å². The molecule has 3 aromatic rings. The lowest BCUT2D eigenvalue weighted by Crippen LogP contribution is -2.48. The van der Waals surface area contributed by atoms with Crippen molar-refractivity contribution >= 4 is 28.1 Å². The van der Waals surface area contributed by atoms with E-state index in [4.69, 9.17) is 0 Å². The van der Waals surface area contributed by atoms with E-state index in [0.717, 1.165) is 31.6 Å². The molecule has 0 amide bonds. The third-order valence-corrected chi connectivity index (χ3v) is 6.55. The van der Waals surface area contributed by atoms with Gasteiger partial charge >= 0.3 is 6.36 Å². The highest BCUT2D eigenvalue weighted by Gasteiger charge is 2.43. The Morgan fingerprint density at radius 3 is 2.66 bits per heavy atom. The highest BCUT2D eigenvalue weighted by atomic mass is 32.1. The zero-order valence-corrected chi connectivity index (χ0v) is 16.4. The number of pyridine rings is 1. The monoisotopic (exact) mass is 424 g/mol. The number of nitrogens with one attached hydrogen (secondary N) is 1. The van der Waals surface area contributed by atoms with Crippen LogP contribution in [0.2, 0.25) is 0 Å². The van der Waals surface area contributed by atoms with Crippen LogP contribution < -0.4 is 15.0 Å². The van der Waals surface area contributed by atoms with Crippen LogP contribution in [-0.4, -0.2) is 44.5 Å². The van der Waals surface area contributed by atoms with Gasteiger partial charge in [0.15, 0.2) is 11.4 Å². The Morgan fingerprint density at radius 2 is 2.00 bits per heavy atom. The van der Waals surface area contributed by atoms with Gasteiger partial charge in [-0.15, -0.1) is 18.3 Å². The van der Waals surface area contributed by atoms with Crippen molar-refractivity contribution in [2.75, 3.05) is 23.3 Å². The SMILES string of the molecule is Cc1cc(N2C[C@H]3CC[C@@H](C2)[C@@H]3Nc2nc3c(OC(F)(F)F)cccn3n2)sn1. The first-order valence-electron chi connectivity index (χ1n) is 9.42. The van der Waals surface area contributed by atoms with Crippen LogP contribution >= 0.6 is 11.5 Å². The summed E-state index contributed by atoms with van der Waals surface area (Å²) in [6, 6.07) is 5.00. The summed E-state index contributed by atoms with van der Waals surface area (Å²) in [6.07, 6.45) is -1.01. The molecule has 2 fully saturated rings. The lowest BCUT2D eigenvalue weighted by atomic mass is 9.92. The zero-order chi connectivity index (χ0) is 20.2. The van der Waals surface area contributed by atoms with Gasteiger partial charge in [-0.3, -0.25) is 0 Å². The molecule has 29 heavy (non-hydrogen) atoms. The quantitative estimate of drug-likeness (QED) is 0.689. The van der Waals surface area contributed by atoms with Crippen molar-refractivity contribution in [1.82, 2.24) is 19.0 Å². The number of ether oxygens (including phenoxy) is 1. The maximum atomic E-state index is 12.6. The highest BCUT2D eigenvalue weighted by Crippen LogP contribution is 2.41. The average Bonchev–Trinajstić information content (AvgIpc) is 3.31. The molecule has 1 aliphatic heterocycles. The van der Waals surface area contributed by atoms with E-state index in [1.165, 1.54) is 33.2 Å². The Bertz CT molecular complexity index is 1020. The van der Waals surface area contributed by atoms with Crippen molar-refractivity contribution in [2.45, 2.75) is 32.2 Å². The summed E-state index contributed by atoms with van der Waals surface area (Å²) in [5.74, 6) is 0.813. The number of halogens is 3. The second-order valence-electron chi connectivity index (χ2n) is 7.60. The van der Waals surface area contributed by atoms with Crippen LogP contribution in [0, 0.1) is 18.8 Å². The molecular weight excluding hydrogens is 405 g/mol. The fourth-order valence-corrected chi connectivity index (χ4v) is 5.21. The topological polar surface area (TPSA) is 67.6 Å². The number of piperidine rings is 1. The molecule has 3 aromatic heterocycles. The summed E-state index contributed by atoms with van der Waals surface area (Å²) in [5, 5.41) is 8.87. The predicted octanol–water partition coefficient (Wildman–Crippen LogP) is 3.72. The molecule has 2 bridgehead atoms. The minimum atomic E-state index is -4.78. The summed E-state index contributed by atoms with van der Waals surface area (Å²) in [6.45, 7) is 3.84. The number of nitrogens with zero attached hydrogens (tertiary/aromatic N) is 5. The van der Waals surface area contributed by atoms with Crippen LogP contribution in [-0.2, 0) is 0 Å². The van der Waals surface area contributed by atoms with E-state index in [2.05, 4.69) is 35.5 Å². The van der Waals surface area contributed by atoms with Crippen LogP contribution in [0.1, 0.15) is 18.5 Å². The van der Waals surface area contributed by atoms with E-state index < -0.39 is 6.36 Å². The maximum Gasteiger partial charge on any atom is 0.573 e. The molecule has 154 valence electrons. The van der Waals surface area contributed by atoms with Gasteiger partial charge in [-0.05, 0) is 61.3 Å². The van der Waals surface area contributed by atoms with Gasteiger partial charge in [0, 0.05) is 25.3 Å². The first-order chi connectivity index (χ1) is 13.9. The molecule has 11 heteroatoms. The first-order valence-corrected chi connectivity index (χ1v) is 10.2. The van der Waals surface area contributed by atoms with Gasteiger partial charge in [0.05, 0.1) is 5.69 Å². The average molecular weight is 424 g/mol. The Kier molecular flexibility index (Phi) is 4.30. The third-order valence-electron chi connectivity index (χ3n) is 5.61. The van der Waals surface area contributed by atoms with Gasteiger partial charge in [0.1, 0.15) is 5.00 Å². The lowest BCUT2D eigenvalue weighted by molar-refractivity contribution is -0.274. The van der Waals surface area contributed by atoms with Crippen LogP contribution in [0.5, 0.6) is 5.75 Å². The lowest BCUT2D eigenvalue weighted by Gasteiger charge is -2.38. The number of anilines is 2. The van der Waals surface area contributed by atoms with E-state index in [0.29, 0.717) is 17.8 Å². The molecule has 2 aliphatic rings. The molecule has 0 spiro atoms. The molecule has 1 saturated carbocycles. The van der Waals surface area contributed by atoms with Crippen molar-refractivity contribution < 1.29 is 17.9 Å². The number of hydrogen-bond donors (Lipinski definition) is 1. The number of aryl methyl sites for hydroxylation is 1. The normalized spacial score (nSPS) is 24.3. The largest absolute Gasteiger partial charge is 0.573 e. The number of fused-ring (bicyclic) bond motifs is 3. The van der Waals surface area contributed by atoms with Gasteiger partial charge in [-0.2, -0.15) is 9.36 Å². The molecule has 1 N–H and O–H groups in total. The third kappa shape index (κ3) is 3.59. The van der Waals surface area contributed by atoms with Gasteiger partial charge in [0.25, 0.3) is 0 Å². The van der Waals surface area contributed by atoms with E-state index in [-0.39, 0.29) is 17.4 Å². The van der Waals surface area contributed by atoms with Crippen LogP contribution in [0.4, 0.5) is 24.1 Å². The van der Waals surface area contributed by atoms with Crippen molar-refractivity contribution in [3.63, 3.8) is 0 Å². The molecule has 0 aromatic carbocycles. The predicted molar refractivity (Wildman–Crippen MR) is 102 cm³/mol. The van der Waals surface area contributed by atoms with Gasteiger partial charge < -0.3 is 15.0 Å². The van der Waals surface area contributed by atoms with E-state index in [1.54, 1.807) is 6.20 Å². The summed E-state index contributed by atoms with van der Waals surface area (Å²) < 4.78 is 47.7. The van der Waals surface area contributed by atoms with E-state index in [9.17, 15) is 13.2 Å². The minimum Gasteiger partial charge on any atom is -0.402 e. The fourth-order valence-electron chi connectivity index (χ4n) is 4.43. The van der Waals surface area contributed by atoms with Gasteiger partial charge in [0.2, 0.25) is 5.95 Å². The first kappa shape index (κ1) is 18.5. The van der Waals surface area contributed by atoms with Crippen LogP contribution in [0.15, 0.2) is 24.4 Å². The molecule has 3 atom stereocenters. The van der Waals surface area contributed by atoms with E-state index >= 15 is 0 Å². The van der Waals surface area contributed by atoms with E-state index in [1.807, 2.05) is 6.92 Å². The molecule has 7 nitrogen and oxygen atoms in total. The summed E-state index contributed by atoms with van der Waals surface area (Å²) in [4.78, 5) is 6.65. The standard InChI is InChI=1S/C18H19F3N6OS/c1-10-7-14(29-25-10)26-8-11-4-5-12(9-26)15(11)22-17-23-16-13(28-18(19,20)21)3-2-6-27(16)24-17/h2-3,6-7,11-12,15H,4-5,8-9H2,1H3,(H,22,24)/t11-,12+,15-. The second kappa shape index (κ2) is 6.75. The Hall–Kier alpha value is -2.56. The molecular formula is C18H19F3N6OS. The minimum absolute atomic E-state index is 0.0391. The smallest absolute Gasteiger partial charge is 0.402 e. The molecule has 5 rings (SSSR count). The molecule has 0 unspecified atom stereocenters. The fraction of sp³-hybridized carbons (Fsp3) is 0.500. The van der Waals surface area contributed by atoms with Crippen molar-refractivity contribution in [3.8, 4) is 5.75 Å². The molecule has 1 aliphatic carbocycles. The Balaban J connectivity index is 1.35. The Labute approximate surface area is 168 Å². The summed E-state index contributed by atoms with van der Waals surface area (Å²) in [5.41, 5.74) is 1.07. The number of aromatic nitrogens is 4. The van der Waals surface area contributed by atoms with Crippen molar-refractivity contribution in [2.24, 2.45) is 11.8 Å². The summed E-state index contributed by atoms with van der Waals surface area (Å²) >= 11 is 1.52. The Morgan fingerprint density at radius 1 is 1.24 bits per heavy atom. The number of alkyl halides is 3. The van der Waals surface area contributed by atoms with Crippen LogP contribution in [0.3, 0.4) is 0 Å². The van der Waals surface area contributed by atoms with Crippen LogP contribution in [0.25, 0.3) is 5.65 Å². The number of rotatable bonds is 4. The number of hydrogen-bond acceptors (Lipinski definition) is 7. The molecule has 0 radical (unpaired) electrons. The van der Waals surface area contributed by atoms with Crippen molar-refractivity contribution in [3.05, 3.63) is 30.1 Å².